The van der Waals surface area contributed by atoms with Crippen molar-refractivity contribution in [2.45, 2.75) is 26.4 Å². The van der Waals surface area contributed by atoms with Crippen LogP contribution in [0.1, 0.15) is 31.0 Å². The lowest BCUT2D eigenvalue weighted by atomic mass is 10.1. The van der Waals surface area contributed by atoms with Crippen LogP contribution in [-0.4, -0.2) is 5.91 Å². The van der Waals surface area contributed by atoms with E-state index in [0.717, 1.165) is 22.3 Å². The Morgan fingerprint density at radius 1 is 1.19 bits per heavy atom. The van der Waals surface area contributed by atoms with E-state index in [-0.39, 0.29) is 11.9 Å². The summed E-state index contributed by atoms with van der Waals surface area (Å²) in [7, 11) is 0. The molecule has 0 aliphatic rings. The van der Waals surface area contributed by atoms with Gasteiger partial charge in [-0.1, -0.05) is 40.2 Å². The maximum atomic E-state index is 11.1. The molecule has 2 aromatic rings. The summed E-state index contributed by atoms with van der Waals surface area (Å²) in [6.07, 6.45) is 0. The van der Waals surface area contributed by atoms with Crippen molar-refractivity contribution in [3.8, 4) is 0 Å². The predicted octanol–water partition coefficient (Wildman–Crippen LogP) is 4.26. The largest absolute Gasteiger partial charge is 0.326 e. The summed E-state index contributed by atoms with van der Waals surface area (Å²) in [5, 5.41) is 6.30. The van der Waals surface area contributed by atoms with Crippen LogP contribution in [-0.2, 0) is 11.3 Å². The van der Waals surface area contributed by atoms with Gasteiger partial charge in [0.2, 0.25) is 5.91 Å². The van der Waals surface area contributed by atoms with E-state index >= 15 is 0 Å². The first-order chi connectivity index (χ1) is 10.0. The van der Waals surface area contributed by atoms with E-state index in [9.17, 15) is 4.79 Å². The average molecular weight is 347 g/mol. The van der Waals surface area contributed by atoms with Crippen molar-refractivity contribution in [3.05, 3.63) is 64.1 Å². The van der Waals surface area contributed by atoms with Crippen LogP contribution in [0.4, 0.5) is 5.69 Å². The van der Waals surface area contributed by atoms with Gasteiger partial charge in [0, 0.05) is 29.7 Å². The molecular weight excluding hydrogens is 328 g/mol. The van der Waals surface area contributed by atoms with Crippen molar-refractivity contribution in [1.29, 1.82) is 0 Å². The van der Waals surface area contributed by atoms with Crippen LogP contribution in [0, 0.1) is 0 Å². The van der Waals surface area contributed by atoms with Gasteiger partial charge in [0.25, 0.3) is 0 Å². The standard InChI is InChI=1S/C17H19BrN2O/c1-12(19-11-14-5-3-7-16(18)9-14)15-6-4-8-17(10-15)20-13(2)21/h3-10,12,19H,11H2,1-2H3,(H,20,21)/t12-/m0/s1. The van der Waals surface area contributed by atoms with Crippen LogP contribution in [0.5, 0.6) is 0 Å². The molecule has 2 rings (SSSR count). The zero-order chi connectivity index (χ0) is 15.2. The Morgan fingerprint density at radius 2 is 1.95 bits per heavy atom. The molecule has 1 atom stereocenters. The molecule has 2 N–H and O–H groups in total. The second kappa shape index (κ2) is 7.38. The number of anilines is 1. The number of benzene rings is 2. The van der Waals surface area contributed by atoms with Gasteiger partial charge in [-0.25, -0.2) is 0 Å². The van der Waals surface area contributed by atoms with E-state index in [0.29, 0.717) is 0 Å². The van der Waals surface area contributed by atoms with E-state index < -0.39 is 0 Å². The molecule has 0 spiro atoms. The van der Waals surface area contributed by atoms with Crippen molar-refractivity contribution >= 4 is 27.5 Å². The molecule has 0 fully saturated rings. The summed E-state index contributed by atoms with van der Waals surface area (Å²) in [6, 6.07) is 16.4. The molecule has 0 aromatic heterocycles. The molecular formula is C17H19BrN2O. The van der Waals surface area contributed by atoms with Crippen molar-refractivity contribution in [1.82, 2.24) is 5.32 Å². The third kappa shape index (κ3) is 4.99. The lowest BCUT2D eigenvalue weighted by molar-refractivity contribution is -0.114. The topological polar surface area (TPSA) is 41.1 Å². The fourth-order valence-electron chi connectivity index (χ4n) is 2.12. The normalized spacial score (nSPS) is 12.0. The molecule has 0 heterocycles. The van der Waals surface area contributed by atoms with Crippen molar-refractivity contribution in [3.63, 3.8) is 0 Å². The Labute approximate surface area is 133 Å². The van der Waals surface area contributed by atoms with E-state index in [2.05, 4.69) is 51.7 Å². The molecule has 0 bridgehead atoms. The lowest BCUT2D eigenvalue weighted by Gasteiger charge is -2.15. The Balaban J connectivity index is 1.99. The van der Waals surface area contributed by atoms with Crippen LogP contribution in [0.2, 0.25) is 0 Å². The summed E-state index contributed by atoms with van der Waals surface area (Å²) in [6.45, 7) is 4.43. The van der Waals surface area contributed by atoms with Gasteiger partial charge in [-0.2, -0.15) is 0 Å². The molecule has 21 heavy (non-hydrogen) atoms. The number of rotatable bonds is 5. The number of nitrogens with one attached hydrogen (secondary N) is 2. The Bertz CT molecular complexity index is 628. The second-order valence-corrected chi connectivity index (χ2v) is 5.95. The molecule has 0 aliphatic heterocycles. The van der Waals surface area contributed by atoms with Crippen LogP contribution < -0.4 is 10.6 Å². The van der Waals surface area contributed by atoms with Crippen LogP contribution >= 0.6 is 15.9 Å². The molecule has 0 saturated heterocycles. The molecule has 0 saturated carbocycles. The smallest absolute Gasteiger partial charge is 0.221 e. The van der Waals surface area contributed by atoms with Gasteiger partial charge >= 0.3 is 0 Å². The number of carbonyl (C=O) groups is 1. The monoisotopic (exact) mass is 346 g/mol. The summed E-state index contributed by atoms with van der Waals surface area (Å²) in [5.41, 5.74) is 3.21. The van der Waals surface area contributed by atoms with Gasteiger partial charge in [0.1, 0.15) is 0 Å². The summed E-state index contributed by atoms with van der Waals surface area (Å²) >= 11 is 3.48. The van der Waals surface area contributed by atoms with Gasteiger partial charge in [-0.15, -0.1) is 0 Å². The number of hydrogen-bond acceptors (Lipinski definition) is 2. The average Bonchev–Trinajstić information content (AvgIpc) is 2.44. The highest BCUT2D eigenvalue weighted by Gasteiger charge is 2.06. The lowest BCUT2D eigenvalue weighted by Crippen LogP contribution is -2.18. The highest BCUT2D eigenvalue weighted by Crippen LogP contribution is 2.18. The fourth-order valence-corrected chi connectivity index (χ4v) is 2.57. The zero-order valence-corrected chi connectivity index (χ0v) is 13.8. The van der Waals surface area contributed by atoms with E-state index in [1.54, 1.807) is 0 Å². The number of carbonyl (C=O) groups excluding carboxylic acids is 1. The Morgan fingerprint density at radius 3 is 2.67 bits per heavy atom. The van der Waals surface area contributed by atoms with Crippen molar-refractivity contribution in [2.24, 2.45) is 0 Å². The SMILES string of the molecule is CC(=O)Nc1cccc([C@H](C)NCc2cccc(Br)c2)c1. The first-order valence-corrected chi connectivity index (χ1v) is 7.69. The first kappa shape index (κ1) is 15.7. The molecule has 4 heteroatoms. The zero-order valence-electron chi connectivity index (χ0n) is 12.2. The van der Waals surface area contributed by atoms with E-state index in [1.165, 1.54) is 12.5 Å². The number of hydrogen-bond donors (Lipinski definition) is 2. The molecule has 0 aliphatic carbocycles. The summed E-state index contributed by atoms with van der Waals surface area (Å²) in [4.78, 5) is 11.1. The summed E-state index contributed by atoms with van der Waals surface area (Å²) < 4.78 is 1.09. The predicted molar refractivity (Wildman–Crippen MR) is 90.1 cm³/mol. The van der Waals surface area contributed by atoms with Crippen LogP contribution in [0.15, 0.2) is 53.0 Å². The maximum absolute atomic E-state index is 11.1. The van der Waals surface area contributed by atoms with Gasteiger partial charge in [0.15, 0.2) is 0 Å². The fraction of sp³-hybridized carbons (Fsp3) is 0.235. The Hall–Kier alpha value is -1.65. The van der Waals surface area contributed by atoms with Crippen molar-refractivity contribution < 1.29 is 4.79 Å². The minimum absolute atomic E-state index is 0.0538. The Kier molecular flexibility index (Phi) is 5.53. The third-order valence-corrected chi connectivity index (χ3v) is 3.70. The number of halogens is 1. The first-order valence-electron chi connectivity index (χ1n) is 6.90. The van der Waals surface area contributed by atoms with E-state index in [4.69, 9.17) is 0 Å². The highest BCUT2D eigenvalue weighted by molar-refractivity contribution is 9.10. The van der Waals surface area contributed by atoms with Crippen molar-refractivity contribution in [2.75, 3.05) is 5.32 Å². The molecule has 0 radical (unpaired) electrons. The van der Waals surface area contributed by atoms with Gasteiger partial charge in [-0.05, 0) is 42.3 Å². The minimum atomic E-state index is -0.0538. The molecule has 0 unspecified atom stereocenters. The van der Waals surface area contributed by atoms with E-state index in [1.807, 2.05) is 30.3 Å². The number of amides is 1. The highest BCUT2D eigenvalue weighted by atomic mass is 79.9. The quantitative estimate of drug-likeness (QED) is 0.849. The molecule has 1 amide bonds. The van der Waals surface area contributed by atoms with Gasteiger partial charge < -0.3 is 10.6 Å². The van der Waals surface area contributed by atoms with Crippen LogP contribution in [0.3, 0.4) is 0 Å². The van der Waals surface area contributed by atoms with Crippen LogP contribution in [0.25, 0.3) is 0 Å². The minimum Gasteiger partial charge on any atom is -0.326 e. The third-order valence-electron chi connectivity index (χ3n) is 3.21. The molecule has 110 valence electrons. The summed E-state index contributed by atoms with van der Waals surface area (Å²) in [5.74, 6) is -0.0538. The molecule has 2 aromatic carbocycles. The maximum Gasteiger partial charge on any atom is 0.221 e. The van der Waals surface area contributed by atoms with Gasteiger partial charge in [-0.3, -0.25) is 4.79 Å². The molecule has 3 nitrogen and oxygen atoms in total. The second-order valence-electron chi connectivity index (χ2n) is 5.04. The van der Waals surface area contributed by atoms with Gasteiger partial charge in [0.05, 0.1) is 0 Å².